The fraction of sp³-hybridized carbons (Fsp3) is 0.350. The van der Waals surface area contributed by atoms with E-state index in [0.29, 0.717) is 30.7 Å². The van der Waals surface area contributed by atoms with E-state index in [0.717, 1.165) is 21.7 Å². The quantitative estimate of drug-likeness (QED) is 0.536. The van der Waals surface area contributed by atoms with Crippen LogP contribution in [0.1, 0.15) is 30.7 Å². The van der Waals surface area contributed by atoms with E-state index in [1.807, 2.05) is 24.3 Å². The van der Waals surface area contributed by atoms with Gasteiger partial charge in [0.15, 0.2) is 0 Å². The van der Waals surface area contributed by atoms with Crippen molar-refractivity contribution in [1.29, 1.82) is 0 Å². The van der Waals surface area contributed by atoms with Crippen LogP contribution in [-0.4, -0.2) is 27.8 Å². The number of carboxylic acid groups (broad SMARTS) is 1. The van der Waals surface area contributed by atoms with Gasteiger partial charge >= 0.3 is 5.97 Å². The Morgan fingerprint density at radius 3 is 2.70 bits per heavy atom. The highest BCUT2D eigenvalue weighted by Crippen LogP contribution is 2.28. The molecule has 0 spiro atoms. The van der Waals surface area contributed by atoms with Gasteiger partial charge in [-0.05, 0) is 42.2 Å². The van der Waals surface area contributed by atoms with Gasteiger partial charge in [0.1, 0.15) is 0 Å². The molecule has 0 fully saturated rings. The molecule has 2 heterocycles. The minimum atomic E-state index is -0.800. The van der Waals surface area contributed by atoms with E-state index in [1.54, 1.807) is 11.3 Å². The number of nitrogens with one attached hydrogen (secondary N) is 1. The lowest BCUT2D eigenvalue weighted by atomic mass is 10.0. The summed E-state index contributed by atoms with van der Waals surface area (Å²) >= 11 is 1.57. The average Bonchev–Trinajstić information content (AvgIpc) is 3.28. The number of benzene rings is 1. The Balaban J connectivity index is 1.63. The lowest BCUT2D eigenvalue weighted by Gasteiger charge is -2.04. The minimum Gasteiger partial charge on any atom is -0.481 e. The van der Waals surface area contributed by atoms with E-state index in [9.17, 15) is 4.79 Å². The molecule has 0 saturated carbocycles. The maximum atomic E-state index is 10.5. The van der Waals surface area contributed by atoms with Crippen LogP contribution in [0.2, 0.25) is 0 Å². The molecule has 0 aliphatic heterocycles. The number of carboxylic acids is 1. The lowest BCUT2D eigenvalue weighted by molar-refractivity contribution is -0.136. The summed E-state index contributed by atoms with van der Waals surface area (Å²) in [7, 11) is 0. The number of thiophene rings is 1. The van der Waals surface area contributed by atoms with Crippen molar-refractivity contribution in [3.8, 4) is 22.2 Å². The number of hydrogen-bond acceptors (Lipinski definition) is 6. The third-order valence-electron chi connectivity index (χ3n) is 3.97. The Hall–Kier alpha value is -2.51. The van der Waals surface area contributed by atoms with Crippen LogP contribution in [0.4, 0.5) is 0 Å². The zero-order valence-electron chi connectivity index (χ0n) is 15.4. The van der Waals surface area contributed by atoms with Gasteiger partial charge in [-0.25, -0.2) is 0 Å². The molecule has 0 amide bonds. The van der Waals surface area contributed by atoms with Gasteiger partial charge in [0.25, 0.3) is 5.89 Å². The summed E-state index contributed by atoms with van der Waals surface area (Å²) in [5.74, 6) is 0.900. The maximum Gasteiger partial charge on any atom is 0.304 e. The summed E-state index contributed by atoms with van der Waals surface area (Å²) in [6.07, 6.45) is 1.16. The van der Waals surface area contributed by atoms with Crippen molar-refractivity contribution in [2.45, 2.75) is 33.2 Å². The Morgan fingerprint density at radius 2 is 2.00 bits per heavy atom. The van der Waals surface area contributed by atoms with Crippen LogP contribution in [0.15, 0.2) is 40.9 Å². The summed E-state index contributed by atoms with van der Waals surface area (Å²) in [5, 5.41) is 15.9. The topological polar surface area (TPSA) is 88.2 Å². The minimum absolute atomic E-state index is 0.113. The van der Waals surface area contributed by atoms with Crippen LogP contribution in [0.25, 0.3) is 22.2 Å². The van der Waals surface area contributed by atoms with E-state index < -0.39 is 5.97 Å². The first-order valence-corrected chi connectivity index (χ1v) is 9.77. The first kappa shape index (κ1) is 19.3. The van der Waals surface area contributed by atoms with Gasteiger partial charge in [0.05, 0.1) is 11.3 Å². The van der Waals surface area contributed by atoms with Gasteiger partial charge in [-0.3, -0.25) is 4.79 Å². The fourth-order valence-corrected chi connectivity index (χ4v) is 3.60. The molecule has 0 aliphatic rings. The number of aliphatic carboxylic acids is 1. The average molecular weight is 385 g/mol. The molecule has 2 N–H and O–H groups in total. The largest absolute Gasteiger partial charge is 0.481 e. The Labute approximate surface area is 162 Å². The van der Waals surface area contributed by atoms with Crippen molar-refractivity contribution in [2.75, 3.05) is 6.54 Å². The molecule has 7 heteroatoms. The molecule has 3 aromatic rings. The smallest absolute Gasteiger partial charge is 0.304 e. The van der Waals surface area contributed by atoms with Crippen LogP contribution >= 0.6 is 11.3 Å². The van der Waals surface area contributed by atoms with Gasteiger partial charge in [-0.1, -0.05) is 31.1 Å². The number of carbonyl (C=O) groups is 1. The van der Waals surface area contributed by atoms with E-state index >= 15 is 0 Å². The third kappa shape index (κ3) is 5.48. The van der Waals surface area contributed by atoms with Crippen molar-refractivity contribution < 1.29 is 14.4 Å². The Bertz CT molecular complexity index is 884. The van der Waals surface area contributed by atoms with Crippen LogP contribution < -0.4 is 5.32 Å². The van der Waals surface area contributed by atoms with Crippen molar-refractivity contribution in [2.24, 2.45) is 5.92 Å². The predicted octanol–water partition coefficient (Wildman–Crippen LogP) is 4.23. The summed E-state index contributed by atoms with van der Waals surface area (Å²) in [6, 6.07) is 12.2. The van der Waals surface area contributed by atoms with Crippen LogP contribution in [0.5, 0.6) is 0 Å². The Kier molecular flexibility index (Phi) is 6.36. The van der Waals surface area contributed by atoms with Crippen LogP contribution in [0, 0.1) is 5.92 Å². The number of nitrogens with zero attached hydrogens (tertiary/aromatic N) is 2. The van der Waals surface area contributed by atoms with Gasteiger partial charge < -0.3 is 14.9 Å². The molecule has 3 rings (SSSR count). The van der Waals surface area contributed by atoms with Gasteiger partial charge in [-0.2, -0.15) is 4.98 Å². The van der Waals surface area contributed by atoms with E-state index in [1.165, 1.54) is 5.56 Å². The van der Waals surface area contributed by atoms with Crippen molar-refractivity contribution in [1.82, 2.24) is 15.5 Å². The summed E-state index contributed by atoms with van der Waals surface area (Å²) in [5.41, 5.74) is 2.21. The van der Waals surface area contributed by atoms with Gasteiger partial charge in [0, 0.05) is 23.5 Å². The molecule has 0 atom stereocenters. The highest BCUT2D eigenvalue weighted by Gasteiger charge is 2.13. The highest BCUT2D eigenvalue weighted by atomic mass is 32.1. The van der Waals surface area contributed by atoms with E-state index in [4.69, 9.17) is 9.63 Å². The van der Waals surface area contributed by atoms with Gasteiger partial charge in [0.2, 0.25) is 5.82 Å². The molecule has 0 aliphatic carbocycles. The second-order valence-electron chi connectivity index (χ2n) is 6.80. The second-order valence-corrected chi connectivity index (χ2v) is 7.97. The maximum absolute atomic E-state index is 10.5. The van der Waals surface area contributed by atoms with E-state index in [-0.39, 0.29) is 6.42 Å². The van der Waals surface area contributed by atoms with Crippen molar-refractivity contribution >= 4 is 17.3 Å². The first-order valence-electron chi connectivity index (χ1n) is 8.96. The first-order chi connectivity index (χ1) is 13.0. The zero-order chi connectivity index (χ0) is 19.2. The number of hydrogen-bond donors (Lipinski definition) is 2. The Morgan fingerprint density at radius 1 is 1.22 bits per heavy atom. The SMILES string of the molecule is CC(C)Cc1ccc(-c2nc(-c3ccc(CNCCC(=O)O)s3)no2)cc1. The predicted molar refractivity (Wildman–Crippen MR) is 106 cm³/mol. The normalized spacial score (nSPS) is 11.2. The molecule has 27 heavy (non-hydrogen) atoms. The molecular weight excluding hydrogens is 362 g/mol. The molecule has 0 unspecified atom stereocenters. The molecule has 0 saturated heterocycles. The zero-order valence-corrected chi connectivity index (χ0v) is 16.3. The third-order valence-corrected chi connectivity index (χ3v) is 5.05. The number of rotatable bonds is 9. The highest BCUT2D eigenvalue weighted by molar-refractivity contribution is 7.15. The molecule has 142 valence electrons. The van der Waals surface area contributed by atoms with Crippen LogP contribution in [-0.2, 0) is 17.8 Å². The standard InChI is InChI=1S/C20H23N3O3S/c1-13(2)11-14-3-5-15(6-4-14)20-22-19(23-26-20)17-8-7-16(27-17)12-21-10-9-18(24)25/h3-8,13,21H,9-12H2,1-2H3,(H,24,25). The molecule has 0 bridgehead atoms. The summed E-state index contributed by atoms with van der Waals surface area (Å²) < 4.78 is 5.42. The molecule has 6 nitrogen and oxygen atoms in total. The number of aromatic nitrogens is 2. The molecule has 2 aromatic heterocycles. The summed E-state index contributed by atoms with van der Waals surface area (Å²) in [4.78, 5) is 17.1. The summed E-state index contributed by atoms with van der Waals surface area (Å²) in [6.45, 7) is 5.48. The van der Waals surface area contributed by atoms with Gasteiger partial charge in [-0.15, -0.1) is 11.3 Å². The lowest BCUT2D eigenvalue weighted by Crippen LogP contribution is -2.16. The second kappa shape index (κ2) is 8.92. The van der Waals surface area contributed by atoms with Crippen molar-refractivity contribution in [3.05, 3.63) is 46.8 Å². The van der Waals surface area contributed by atoms with E-state index in [2.05, 4.69) is 41.4 Å². The molecular formula is C20H23N3O3S. The fourth-order valence-electron chi connectivity index (χ4n) is 2.70. The molecule has 1 aromatic carbocycles. The molecule has 0 radical (unpaired) electrons. The van der Waals surface area contributed by atoms with Crippen molar-refractivity contribution in [3.63, 3.8) is 0 Å². The monoisotopic (exact) mass is 385 g/mol. The van der Waals surface area contributed by atoms with Crippen LogP contribution in [0.3, 0.4) is 0 Å².